The number of carbonyl (C=O) groups is 1. The molecule has 0 bridgehead atoms. The monoisotopic (exact) mass is 267 g/mol. The summed E-state index contributed by atoms with van der Waals surface area (Å²) in [6.07, 6.45) is 0. The third-order valence-electron chi connectivity index (χ3n) is 2.44. The van der Waals surface area contributed by atoms with Gasteiger partial charge in [0, 0.05) is 16.7 Å². The lowest BCUT2D eigenvalue weighted by Gasteiger charge is -2.05. The van der Waals surface area contributed by atoms with E-state index in [-0.39, 0.29) is 16.8 Å². The van der Waals surface area contributed by atoms with Crippen molar-refractivity contribution in [3.05, 3.63) is 64.2 Å². The Labute approximate surface area is 107 Å². The lowest BCUT2D eigenvalue weighted by molar-refractivity contribution is 0.103. The molecule has 0 atom stereocenters. The SMILES string of the molecule is Nc1cc(C(=O)c2ccc(Cl)cc2)c(F)cc1F. The maximum Gasteiger partial charge on any atom is 0.196 e. The number of anilines is 1. The van der Waals surface area contributed by atoms with Crippen molar-refractivity contribution in [2.75, 3.05) is 5.73 Å². The first-order valence-corrected chi connectivity index (χ1v) is 5.41. The third kappa shape index (κ3) is 2.33. The van der Waals surface area contributed by atoms with Gasteiger partial charge in [-0.15, -0.1) is 0 Å². The highest BCUT2D eigenvalue weighted by atomic mass is 35.5. The van der Waals surface area contributed by atoms with Crippen LogP contribution in [0.5, 0.6) is 0 Å². The molecule has 18 heavy (non-hydrogen) atoms. The van der Waals surface area contributed by atoms with Gasteiger partial charge in [0.1, 0.15) is 11.6 Å². The van der Waals surface area contributed by atoms with E-state index >= 15 is 0 Å². The van der Waals surface area contributed by atoms with E-state index in [9.17, 15) is 13.6 Å². The van der Waals surface area contributed by atoms with Gasteiger partial charge in [0.2, 0.25) is 0 Å². The van der Waals surface area contributed by atoms with Gasteiger partial charge in [-0.1, -0.05) is 11.6 Å². The minimum absolute atomic E-state index is 0.254. The number of carbonyl (C=O) groups excluding carboxylic acids is 1. The van der Waals surface area contributed by atoms with Gasteiger partial charge in [0.05, 0.1) is 11.3 Å². The van der Waals surface area contributed by atoms with E-state index in [0.29, 0.717) is 11.1 Å². The highest BCUT2D eigenvalue weighted by molar-refractivity contribution is 6.30. The maximum atomic E-state index is 13.5. The molecule has 2 aromatic carbocycles. The molecule has 2 aromatic rings. The molecule has 0 amide bonds. The Balaban J connectivity index is 2.46. The molecular formula is C13H8ClF2NO. The number of hydrogen-bond donors (Lipinski definition) is 1. The Hall–Kier alpha value is -1.94. The Morgan fingerprint density at radius 3 is 2.28 bits per heavy atom. The van der Waals surface area contributed by atoms with Crippen LogP contribution in [0.1, 0.15) is 15.9 Å². The number of ketones is 1. The summed E-state index contributed by atoms with van der Waals surface area (Å²) in [5.74, 6) is -2.40. The van der Waals surface area contributed by atoms with E-state index in [0.717, 1.165) is 6.07 Å². The molecule has 0 aromatic heterocycles. The molecule has 0 spiro atoms. The van der Waals surface area contributed by atoms with Crippen LogP contribution in [0.4, 0.5) is 14.5 Å². The van der Waals surface area contributed by atoms with Crippen molar-refractivity contribution in [1.82, 2.24) is 0 Å². The zero-order valence-corrected chi connectivity index (χ0v) is 9.84. The zero-order valence-electron chi connectivity index (χ0n) is 9.08. The predicted molar refractivity (Wildman–Crippen MR) is 65.7 cm³/mol. The minimum Gasteiger partial charge on any atom is -0.396 e. The first-order chi connectivity index (χ1) is 8.49. The number of nitrogens with two attached hydrogens (primary N) is 1. The summed E-state index contributed by atoms with van der Waals surface area (Å²) in [7, 11) is 0. The predicted octanol–water partition coefficient (Wildman–Crippen LogP) is 3.43. The molecule has 2 rings (SSSR count). The molecule has 0 aliphatic carbocycles. The van der Waals surface area contributed by atoms with Crippen LogP contribution in [0, 0.1) is 11.6 Å². The lowest BCUT2D eigenvalue weighted by atomic mass is 10.0. The van der Waals surface area contributed by atoms with Crippen LogP contribution >= 0.6 is 11.6 Å². The van der Waals surface area contributed by atoms with Crippen LogP contribution in [0.15, 0.2) is 36.4 Å². The van der Waals surface area contributed by atoms with Crippen molar-refractivity contribution in [2.24, 2.45) is 0 Å². The van der Waals surface area contributed by atoms with Crippen LogP contribution in [0.3, 0.4) is 0 Å². The van der Waals surface area contributed by atoms with Gasteiger partial charge in [-0.05, 0) is 30.3 Å². The molecule has 0 aliphatic heterocycles. The normalized spacial score (nSPS) is 10.4. The second-order valence-corrected chi connectivity index (χ2v) is 4.13. The summed E-state index contributed by atoms with van der Waals surface area (Å²) in [6, 6.07) is 7.53. The first kappa shape index (κ1) is 12.5. The van der Waals surface area contributed by atoms with Gasteiger partial charge in [-0.2, -0.15) is 0 Å². The highest BCUT2D eigenvalue weighted by Crippen LogP contribution is 2.20. The first-order valence-electron chi connectivity index (χ1n) is 5.04. The number of halogens is 3. The molecule has 5 heteroatoms. The van der Waals surface area contributed by atoms with E-state index < -0.39 is 17.4 Å². The maximum absolute atomic E-state index is 13.5. The van der Waals surface area contributed by atoms with Crippen LogP contribution in [0.2, 0.25) is 5.02 Å². The fraction of sp³-hybridized carbons (Fsp3) is 0. The van der Waals surface area contributed by atoms with E-state index in [2.05, 4.69) is 0 Å². The fourth-order valence-corrected chi connectivity index (χ4v) is 1.62. The summed E-state index contributed by atoms with van der Waals surface area (Å²) in [6.45, 7) is 0. The van der Waals surface area contributed by atoms with Crippen molar-refractivity contribution >= 4 is 23.1 Å². The summed E-state index contributed by atoms with van der Waals surface area (Å²) < 4.78 is 26.5. The second-order valence-electron chi connectivity index (χ2n) is 3.69. The molecular weight excluding hydrogens is 260 g/mol. The van der Waals surface area contributed by atoms with E-state index in [1.165, 1.54) is 24.3 Å². The van der Waals surface area contributed by atoms with Crippen LogP contribution in [-0.2, 0) is 0 Å². The molecule has 0 radical (unpaired) electrons. The molecule has 0 aliphatic rings. The van der Waals surface area contributed by atoms with Crippen molar-refractivity contribution < 1.29 is 13.6 Å². The van der Waals surface area contributed by atoms with Gasteiger partial charge in [0.25, 0.3) is 0 Å². The number of rotatable bonds is 2. The van der Waals surface area contributed by atoms with Crippen molar-refractivity contribution in [3.63, 3.8) is 0 Å². The smallest absolute Gasteiger partial charge is 0.196 e. The van der Waals surface area contributed by atoms with Crippen molar-refractivity contribution in [2.45, 2.75) is 0 Å². The fourth-order valence-electron chi connectivity index (χ4n) is 1.50. The third-order valence-corrected chi connectivity index (χ3v) is 2.69. The quantitative estimate of drug-likeness (QED) is 0.669. The molecule has 2 N–H and O–H groups in total. The van der Waals surface area contributed by atoms with Gasteiger partial charge >= 0.3 is 0 Å². The molecule has 92 valence electrons. The number of benzene rings is 2. The Kier molecular flexibility index (Phi) is 3.30. The standard InChI is InChI=1S/C13H8ClF2NO/c14-8-3-1-7(2-4-8)13(18)9-5-12(17)11(16)6-10(9)15/h1-6H,17H2. The van der Waals surface area contributed by atoms with Crippen molar-refractivity contribution in [1.29, 1.82) is 0 Å². The number of nitrogen functional groups attached to an aromatic ring is 1. The Bertz CT molecular complexity index is 611. The van der Waals surface area contributed by atoms with Gasteiger partial charge in [-0.25, -0.2) is 8.78 Å². The molecule has 2 nitrogen and oxygen atoms in total. The lowest BCUT2D eigenvalue weighted by Crippen LogP contribution is -2.06. The summed E-state index contributed by atoms with van der Waals surface area (Å²) in [4.78, 5) is 12.0. The van der Waals surface area contributed by atoms with Crippen LogP contribution < -0.4 is 5.73 Å². The average molecular weight is 268 g/mol. The van der Waals surface area contributed by atoms with E-state index in [1.54, 1.807) is 0 Å². The van der Waals surface area contributed by atoms with Crippen LogP contribution in [-0.4, -0.2) is 5.78 Å². The van der Waals surface area contributed by atoms with Gasteiger partial charge in [-0.3, -0.25) is 4.79 Å². The van der Waals surface area contributed by atoms with E-state index in [1.807, 2.05) is 0 Å². The zero-order chi connectivity index (χ0) is 13.3. The van der Waals surface area contributed by atoms with Gasteiger partial charge in [0.15, 0.2) is 5.78 Å². The largest absolute Gasteiger partial charge is 0.396 e. The summed E-state index contributed by atoms with van der Waals surface area (Å²) >= 11 is 5.68. The topological polar surface area (TPSA) is 43.1 Å². The molecule has 0 fully saturated rings. The molecule has 0 heterocycles. The molecule has 0 unspecified atom stereocenters. The summed E-state index contributed by atoms with van der Waals surface area (Å²) in [5, 5.41) is 0.464. The van der Waals surface area contributed by atoms with E-state index in [4.69, 9.17) is 17.3 Å². The molecule has 0 saturated carbocycles. The Morgan fingerprint density at radius 1 is 1.06 bits per heavy atom. The summed E-state index contributed by atoms with van der Waals surface area (Å²) in [5.41, 5.74) is 5.03. The van der Waals surface area contributed by atoms with Crippen molar-refractivity contribution in [3.8, 4) is 0 Å². The highest BCUT2D eigenvalue weighted by Gasteiger charge is 2.16. The van der Waals surface area contributed by atoms with Crippen LogP contribution in [0.25, 0.3) is 0 Å². The van der Waals surface area contributed by atoms with Gasteiger partial charge < -0.3 is 5.73 Å². The average Bonchev–Trinajstić information content (AvgIpc) is 2.34. The minimum atomic E-state index is -0.943. The second kappa shape index (κ2) is 4.74. The Morgan fingerprint density at radius 2 is 1.67 bits per heavy atom. The molecule has 0 saturated heterocycles. The number of hydrogen-bond acceptors (Lipinski definition) is 2.